The van der Waals surface area contributed by atoms with E-state index in [4.69, 9.17) is 4.74 Å². The molecule has 0 saturated heterocycles. The summed E-state index contributed by atoms with van der Waals surface area (Å²) >= 11 is 0. The molecule has 2 aromatic carbocycles. The molecule has 24 heavy (non-hydrogen) atoms. The summed E-state index contributed by atoms with van der Waals surface area (Å²) in [6, 6.07) is 9.37. The first kappa shape index (κ1) is 17.6. The summed E-state index contributed by atoms with van der Waals surface area (Å²) in [6.07, 6.45) is 2.95. The Morgan fingerprint density at radius 2 is 1.88 bits per heavy atom. The number of benzene rings is 2. The van der Waals surface area contributed by atoms with Gasteiger partial charge in [-0.05, 0) is 50.6 Å². The average molecular weight is 326 g/mol. The van der Waals surface area contributed by atoms with Crippen molar-refractivity contribution in [3.05, 3.63) is 59.2 Å². The summed E-state index contributed by atoms with van der Waals surface area (Å²) in [7, 11) is 0. The SMILES string of the molecule is CCC(=O)c1ccc(O)cc1Oc1ccc(O)c(CC=C(C)C)c1. The molecule has 0 atom stereocenters. The maximum Gasteiger partial charge on any atom is 0.166 e. The fraction of sp³-hybridized carbons (Fsp3) is 0.250. The highest BCUT2D eigenvalue weighted by atomic mass is 16.5. The predicted octanol–water partition coefficient (Wildman–Crippen LogP) is 4.99. The quantitative estimate of drug-likeness (QED) is 0.579. The van der Waals surface area contributed by atoms with E-state index in [1.165, 1.54) is 12.1 Å². The monoisotopic (exact) mass is 326 g/mol. The van der Waals surface area contributed by atoms with Gasteiger partial charge in [0.1, 0.15) is 23.0 Å². The van der Waals surface area contributed by atoms with Crippen LogP contribution in [-0.4, -0.2) is 16.0 Å². The van der Waals surface area contributed by atoms with Gasteiger partial charge in [-0.1, -0.05) is 18.6 Å². The number of ether oxygens (including phenoxy) is 1. The molecule has 2 aromatic rings. The third-order valence-corrected chi connectivity index (χ3v) is 3.60. The number of carbonyl (C=O) groups excluding carboxylic acids is 1. The van der Waals surface area contributed by atoms with Crippen LogP contribution < -0.4 is 4.74 Å². The van der Waals surface area contributed by atoms with Gasteiger partial charge in [0.25, 0.3) is 0 Å². The Bertz CT molecular complexity index is 771. The summed E-state index contributed by atoms with van der Waals surface area (Å²) < 4.78 is 5.80. The fourth-order valence-corrected chi connectivity index (χ4v) is 2.25. The second-order valence-corrected chi connectivity index (χ2v) is 5.84. The molecular weight excluding hydrogens is 304 g/mol. The Hall–Kier alpha value is -2.75. The van der Waals surface area contributed by atoms with Crippen molar-refractivity contribution >= 4 is 5.78 Å². The Balaban J connectivity index is 2.34. The van der Waals surface area contributed by atoms with Crippen LogP contribution in [0.15, 0.2) is 48.0 Å². The smallest absolute Gasteiger partial charge is 0.166 e. The number of hydrogen-bond donors (Lipinski definition) is 2. The van der Waals surface area contributed by atoms with E-state index >= 15 is 0 Å². The van der Waals surface area contributed by atoms with Crippen LogP contribution >= 0.6 is 0 Å². The van der Waals surface area contributed by atoms with Crippen molar-refractivity contribution < 1.29 is 19.7 Å². The largest absolute Gasteiger partial charge is 0.508 e. The molecule has 0 spiro atoms. The van der Waals surface area contributed by atoms with E-state index in [0.717, 1.165) is 11.1 Å². The second kappa shape index (κ2) is 7.68. The zero-order chi connectivity index (χ0) is 17.7. The molecule has 4 heteroatoms. The highest BCUT2D eigenvalue weighted by molar-refractivity contribution is 5.98. The highest BCUT2D eigenvalue weighted by Gasteiger charge is 2.13. The molecule has 0 aliphatic carbocycles. The third kappa shape index (κ3) is 4.38. The lowest BCUT2D eigenvalue weighted by molar-refractivity contribution is 0.0986. The summed E-state index contributed by atoms with van der Waals surface area (Å²) in [5.41, 5.74) is 2.32. The molecule has 0 bridgehead atoms. The summed E-state index contributed by atoms with van der Waals surface area (Å²) in [5.74, 6) is 0.969. The van der Waals surface area contributed by atoms with Crippen LogP contribution in [0.1, 0.15) is 43.1 Å². The van der Waals surface area contributed by atoms with Crippen molar-refractivity contribution in [3.63, 3.8) is 0 Å². The van der Waals surface area contributed by atoms with E-state index < -0.39 is 0 Å². The van der Waals surface area contributed by atoms with Crippen LogP contribution in [0.2, 0.25) is 0 Å². The maximum atomic E-state index is 12.0. The number of hydrogen-bond acceptors (Lipinski definition) is 4. The molecule has 2 N–H and O–H groups in total. The average Bonchev–Trinajstić information content (AvgIpc) is 2.54. The Labute approximate surface area is 142 Å². The van der Waals surface area contributed by atoms with Gasteiger partial charge >= 0.3 is 0 Å². The fourth-order valence-electron chi connectivity index (χ4n) is 2.25. The molecule has 0 aromatic heterocycles. The first-order valence-corrected chi connectivity index (χ1v) is 7.90. The molecule has 0 aliphatic rings. The lowest BCUT2D eigenvalue weighted by atomic mass is 10.1. The van der Waals surface area contributed by atoms with Crippen molar-refractivity contribution in [3.8, 4) is 23.0 Å². The van der Waals surface area contributed by atoms with Gasteiger partial charge in [0.2, 0.25) is 0 Å². The van der Waals surface area contributed by atoms with Crippen LogP contribution in [0.4, 0.5) is 0 Å². The molecule has 0 heterocycles. The van der Waals surface area contributed by atoms with Crippen molar-refractivity contribution in [1.29, 1.82) is 0 Å². The molecular formula is C20H22O4. The van der Waals surface area contributed by atoms with Crippen molar-refractivity contribution in [2.24, 2.45) is 0 Å². The summed E-state index contributed by atoms with van der Waals surface area (Å²) in [5, 5.41) is 19.6. The van der Waals surface area contributed by atoms with E-state index in [2.05, 4.69) is 0 Å². The number of rotatable bonds is 6. The highest BCUT2D eigenvalue weighted by Crippen LogP contribution is 2.32. The van der Waals surface area contributed by atoms with Gasteiger partial charge in [0.15, 0.2) is 5.78 Å². The zero-order valence-electron chi connectivity index (χ0n) is 14.2. The first-order chi connectivity index (χ1) is 11.4. The predicted molar refractivity (Wildman–Crippen MR) is 94.0 cm³/mol. The summed E-state index contributed by atoms with van der Waals surface area (Å²) in [6.45, 7) is 5.76. The maximum absolute atomic E-state index is 12.0. The second-order valence-electron chi connectivity index (χ2n) is 5.84. The Morgan fingerprint density at radius 1 is 1.12 bits per heavy atom. The van der Waals surface area contributed by atoms with Crippen LogP contribution in [0, 0.1) is 0 Å². The van der Waals surface area contributed by atoms with E-state index in [9.17, 15) is 15.0 Å². The van der Waals surface area contributed by atoms with Gasteiger partial charge in [-0.15, -0.1) is 0 Å². The normalized spacial score (nSPS) is 10.3. The molecule has 126 valence electrons. The van der Waals surface area contributed by atoms with Crippen molar-refractivity contribution in [2.45, 2.75) is 33.6 Å². The molecule has 2 rings (SSSR count). The molecule has 0 unspecified atom stereocenters. The van der Waals surface area contributed by atoms with E-state index in [1.807, 2.05) is 19.9 Å². The van der Waals surface area contributed by atoms with E-state index in [0.29, 0.717) is 29.9 Å². The van der Waals surface area contributed by atoms with Crippen LogP contribution in [0.5, 0.6) is 23.0 Å². The first-order valence-electron chi connectivity index (χ1n) is 7.90. The van der Waals surface area contributed by atoms with Crippen LogP contribution in [0.25, 0.3) is 0 Å². The van der Waals surface area contributed by atoms with Gasteiger partial charge in [0, 0.05) is 18.1 Å². The summed E-state index contributed by atoms with van der Waals surface area (Å²) in [4.78, 5) is 12.0. The van der Waals surface area contributed by atoms with Crippen LogP contribution in [-0.2, 0) is 6.42 Å². The molecule has 0 radical (unpaired) electrons. The number of allylic oxidation sites excluding steroid dienone is 2. The number of carbonyl (C=O) groups is 1. The number of ketones is 1. The number of Topliss-reactive ketones (excluding diaryl/α,β-unsaturated/α-hetero) is 1. The van der Waals surface area contributed by atoms with Crippen molar-refractivity contribution in [2.75, 3.05) is 0 Å². The standard InChI is InChI=1S/C20H22O4/c1-4-18(22)17-9-7-15(21)12-20(17)24-16-8-10-19(23)14(11-16)6-5-13(2)3/h5,7-12,21,23H,4,6H2,1-3H3. The molecule has 0 fully saturated rings. The lowest BCUT2D eigenvalue weighted by Gasteiger charge is -2.12. The van der Waals surface area contributed by atoms with E-state index in [-0.39, 0.29) is 17.3 Å². The minimum Gasteiger partial charge on any atom is -0.508 e. The molecule has 0 amide bonds. The minimum atomic E-state index is -0.0615. The Morgan fingerprint density at radius 3 is 2.54 bits per heavy atom. The van der Waals surface area contributed by atoms with Gasteiger partial charge in [-0.2, -0.15) is 0 Å². The van der Waals surface area contributed by atoms with Crippen molar-refractivity contribution in [1.82, 2.24) is 0 Å². The molecule has 0 aliphatic heterocycles. The van der Waals surface area contributed by atoms with Crippen LogP contribution in [0.3, 0.4) is 0 Å². The Kier molecular flexibility index (Phi) is 5.64. The van der Waals surface area contributed by atoms with Gasteiger partial charge in [-0.3, -0.25) is 4.79 Å². The van der Waals surface area contributed by atoms with E-state index in [1.54, 1.807) is 31.2 Å². The lowest BCUT2D eigenvalue weighted by Crippen LogP contribution is -2.00. The number of phenols is 2. The third-order valence-electron chi connectivity index (χ3n) is 3.60. The minimum absolute atomic E-state index is 0.0289. The number of aromatic hydroxyl groups is 2. The molecule has 4 nitrogen and oxygen atoms in total. The molecule has 0 saturated carbocycles. The van der Waals surface area contributed by atoms with Gasteiger partial charge in [0.05, 0.1) is 5.56 Å². The topological polar surface area (TPSA) is 66.8 Å². The zero-order valence-corrected chi connectivity index (χ0v) is 14.2. The number of phenolic OH excluding ortho intramolecular Hbond substituents is 2. The van der Waals surface area contributed by atoms with Gasteiger partial charge in [-0.25, -0.2) is 0 Å². The van der Waals surface area contributed by atoms with Gasteiger partial charge < -0.3 is 14.9 Å².